The number of nitrogens with zero attached hydrogens (tertiary/aromatic N) is 3. The fourth-order valence-electron chi connectivity index (χ4n) is 2.80. The largest absolute Gasteiger partial charge is 0.458 e. The summed E-state index contributed by atoms with van der Waals surface area (Å²) >= 11 is 0. The number of hydrogen-bond acceptors (Lipinski definition) is 4. The van der Waals surface area contributed by atoms with E-state index in [0.717, 1.165) is 31.7 Å². The van der Waals surface area contributed by atoms with Crippen molar-refractivity contribution >= 4 is 6.03 Å². The monoisotopic (exact) mass is 344 g/mol. The molecule has 3 rings (SSSR count). The summed E-state index contributed by atoms with van der Waals surface area (Å²) in [6, 6.07) is 10.1. The minimum Gasteiger partial charge on any atom is -0.458 e. The number of aromatic nitrogens is 2. The average molecular weight is 344 g/mol. The van der Waals surface area contributed by atoms with Crippen LogP contribution in [0.5, 0.6) is 6.01 Å². The number of carbonyl (C=O) groups excluding carboxylic acids is 1. The maximum atomic E-state index is 12.8. The van der Waals surface area contributed by atoms with Crippen LogP contribution in [0.4, 0.5) is 9.18 Å². The van der Waals surface area contributed by atoms with Gasteiger partial charge in [-0.05, 0) is 24.8 Å². The standard InChI is InChI=1S/C18H21FN4O2/c19-15-11-21-17(22-12-15)25-16-7-4-10-23(13-16)18(24)20-9-8-14-5-2-1-3-6-14/h1-3,5-6,11-12,16H,4,7-10,13H2,(H,20,24). The third-order valence-electron chi connectivity index (χ3n) is 4.07. The van der Waals surface area contributed by atoms with Crippen LogP contribution in [-0.4, -0.2) is 46.6 Å². The minimum atomic E-state index is -0.504. The van der Waals surface area contributed by atoms with Gasteiger partial charge in [-0.1, -0.05) is 30.3 Å². The summed E-state index contributed by atoms with van der Waals surface area (Å²) in [4.78, 5) is 21.6. The number of likely N-dealkylation sites (tertiary alicyclic amines) is 1. The zero-order chi connectivity index (χ0) is 17.5. The predicted molar refractivity (Wildman–Crippen MR) is 90.8 cm³/mol. The third-order valence-corrected chi connectivity index (χ3v) is 4.07. The van der Waals surface area contributed by atoms with Gasteiger partial charge in [0, 0.05) is 13.1 Å². The Morgan fingerprint density at radius 3 is 2.80 bits per heavy atom. The SMILES string of the molecule is O=C(NCCc1ccccc1)N1CCCC(Oc2ncc(F)cn2)C1. The molecule has 2 heterocycles. The molecule has 6 nitrogen and oxygen atoms in total. The highest BCUT2D eigenvalue weighted by molar-refractivity contribution is 5.74. The van der Waals surface area contributed by atoms with E-state index in [0.29, 0.717) is 19.6 Å². The molecule has 1 fully saturated rings. The van der Waals surface area contributed by atoms with Gasteiger partial charge in [0.05, 0.1) is 18.9 Å². The summed E-state index contributed by atoms with van der Waals surface area (Å²) < 4.78 is 18.5. The zero-order valence-electron chi connectivity index (χ0n) is 13.9. The molecule has 1 aromatic heterocycles. The van der Waals surface area contributed by atoms with Crippen molar-refractivity contribution in [2.24, 2.45) is 0 Å². The Morgan fingerprint density at radius 1 is 1.28 bits per heavy atom. The maximum Gasteiger partial charge on any atom is 0.317 e. The number of carbonyl (C=O) groups is 1. The third kappa shape index (κ3) is 5.14. The molecule has 0 bridgehead atoms. The number of ether oxygens (including phenoxy) is 1. The van der Waals surface area contributed by atoms with Gasteiger partial charge < -0.3 is 15.0 Å². The van der Waals surface area contributed by atoms with E-state index in [1.54, 1.807) is 4.90 Å². The van der Waals surface area contributed by atoms with Crippen LogP contribution in [0.2, 0.25) is 0 Å². The fourth-order valence-corrected chi connectivity index (χ4v) is 2.80. The molecule has 0 spiro atoms. The van der Waals surface area contributed by atoms with Crippen molar-refractivity contribution < 1.29 is 13.9 Å². The number of piperidine rings is 1. The second-order valence-electron chi connectivity index (χ2n) is 5.98. The van der Waals surface area contributed by atoms with Crippen molar-refractivity contribution in [1.82, 2.24) is 20.2 Å². The van der Waals surface area contributed by atoms with Crippen molar-refractivity contribution in [3.63, 3.8) is 0 Å². The molecular formula is C18H21FN4O2. The van der Waals surface area contributed by atoms with E-state index >= 15 is 0 Å². The van der Waals surface area contributed by atoms with Gasteiger partial charge >= 0.3 is 12.0 Å². The number of rotatable bonds is 5. The molecule has 1 unspecified atom stereocenters. The molecule has 2 amide bonds. The van der Waals surface area contributed by atoms with Gasteiger partial charge in [-0.15, -0.1) is 0 Å². The van der Waals surface area contributed by atoms with Gasteiger partial charge in [-0.3, -0.25) is 0 Å². The number of benzene rings is 1. The van der Waals surface area contributed by atoms with Crippen LogP contribution in [0.25, 0.3) is 0 Å². The molecule has 132 valence electrons. The molecule has 1 aliphatic rings. The highest BCUT2D eigenvalue weighted by Gasteiger charge is 2.25. The van der Waals surface area contributed by atoms with Crippen molar-refractivity contribution in [2.45, 2.75) is 25.4 Å². The van der Waals surface area contributed by atoms with Crippen molar-refractivity contribution in [3.8, 4) is 6.01 Å². The van der Waals surface area contributed by atoms with E-state index in [4.69, 9.17) is 4.74 Å². The van der Waals surface area contributed by atoms with E-state index in [1.807, 2.05) is 30.3 Å². The van der Waals surface area contributed by atoms with Crippen LogP contribution in [0.15, 0.2) is 42.7 Å². The highest BCUT2D eigenvalue weighted by Crippen LogP contribution is 2.15. The molecule has 1 saturated heterocycles. The Balaban J connectivity index is 1.45. The number of urea groups is 1. The van der Waals surface area contributed by atoms with E-state index in [-0.39, 0.29) is 18.1 Å². The second kappa shape index (κ2) is 8.41. The lowest BCUT2D eigenvalue weighted by Gasteiger charge is -2.32. The summed E-state index contributed by atoms with van der Waals surface area (Å²) in [5.74, 6) is -0.504. The molecule has 0 saturated carbocycles. The van der Waals surface area contributed by atoms with Crippen LogP contribution in [-0.2, 0) is 6.42 Å². The summed E-state index contributed by atoms with van der Waals surface area (Å²) in [6.45, 7) is 1.76. The van der Waals surface area contributed by atoms with Gasteiger partial charge in [0.25, 0.3) is 0 Å². The first kappa shape index (κ1) is 17.1. The lowest BCUT2D eigenvalue weighted by molar-refractivity contribution is 0.0938. The molecule has 0 radical (unpaired) electrons. The Kier molecular flexibility index (Phi) is 5.77. The first-order valence-electron chi connectivity index (χ1n) is 8.41. The average Bonchev–Trinajstić information content (AvgIpc) is 2.65. The fraction of sp³-hybridized carbons (Fsp3) is 0.389. The van der Waals surface area contributed by atoms with Gasteiger partial charge in [0.2, 0.25) is 0 Å². The van der Waals surface area contributed by atoms with Gasteiger partial charge in [0.1, 0.15) is 6.10 Å². The lowest BCUT2D eigenvalue weighted by atomic mass is 10.1. The Morgan fingerprint density at radius 2 is 2.04 bits per heavy atom. The first-order chi connectivity index (χ1) is 12.2. The van der Waals surface area contributed by atoms with E-state index in [1.165, 1.54) is 5.56 Å². The summed E-state index contributed by atoms with van der Waals surface area (Å²) in [7, 11) is 0. The quantitative estimate of drug-likeness (QED) is 0.904. The second-order valence-corrected chi connectivity index (χ2v) is 5.98. The highest BCUT2D eigenvalue weighted by atomic mass is 19.1. The Labute approximate surface area is 146 Å². The smallest absolute Gasteiger partial charge is 0.317 e. The molecule has 0 aliphatic carbocycles. The molecule has 2 aromatic rings. The van der Waals surface area contributed by atoms with Crippen molar-refractivity contribution in [1.29, 1.82) is 0 Å². The molecule has 1 N–H and O–H groups in total. The van der Waals surface area contributed by atoms with Crippen LogP contribution in [0.3, 0.4) is 0 Å². The minimum absolute atomic E-state index is 0.0933. The molecular weight excluding hydrogens is 323 g/mol. The van der Waals surface area contributed by atoms with Crippen molar-refractivity contribution in [2.75, 3.05) is 19.6 Å². The van der Waals surface area contributed by atoms with E-state index in [9.17, 15) is 9.18 Å². The van der Waals surface area contributed by atoms with Gasteiger partial charge in [0.15, 0.2) is 5.82 Å². The van der Waals surface area contributed by atoms with Crippen molar-refractivity contribution in [3.05, 3.63) is 54.1 Å². The van der Waals surface area contributed by atoms with E-state index in [2.05, 4.69) is 15.3 Å². The summed E-state index contributed by atoms with van der Waals surface area (Å²) in [6.07, 6.45) is 4.41. The molecule has 1 aliphatic heterocycles. The van der Waals surface area contributed by atoms with Crippen LogP contribution in [0.1, 0.15) is 18.4 Å². The molecule has 1 aromatic carbocycles. The topological polar surface area (TPSA) is 67.4 Å². The number of hydrogen-bond donors (Lipinski definition) is 1. The van der Waals surface area contributed by atoms with Gasteiger partial charge in [-0.25, -0.2) is 19.2 Å². The van der Waals surface area contributed by atoms with Crippen LogP contribution < -0.4 is 10.1 Å². The predicted octanol–water partition coefficient (Wildman–Crippen LogP) is 2.41. The number of nitrogens with one attached hydrogen (secondary N) is 1. The summed E-state index contributed by atoms with van der Waals surface area (Å²) in [5.41, 5.74) is 1.19. The first-order valence-corrected chi connectivity index (χ1v) is 8.41. The number of amides is 2. The molecule has 1 atom stereocenters. The molecule has 7 heteroatoms. The van der Waals surface area contributed by atoms with Gasteiger partial charge in [-0.2, -0.15) is 0 Å². The van der Waals surface area contributed by atoms with Crippen LogP contribution >= 0.6 is 0 Å². The lowest BCUT2D eigenvalue weighted by Crippen LogP contribution is -2.49. The summed E-state index contributed by atoms with van der Waals surface area (Å²) in [5, 5.41) is 2.94. The Hall–Kier alpha value is -2.70. The normalized spacial score (nSPS) is 17.2. The zero-order valence-corrected chi connectivity index (χ0v) is 13.9. The Bertz CT molecular complexity index is 681. The molecule has 25 heavy (non-hydrogen) atoms. The van der Waals surface area contributed by atoms with E-state index < -0.39 is 5.82 Å². The number of halogens is 1. The maximum absolute atomic E-state index is 12.8. The van der Waals surface area contributed by atoms with Crippen LogP contribution in [0, 0.1) is 5.82 Å².